The zero-order valence-corrected chi connectivity index (χ0v) is 8.61. The number of hydrogen-bond donors (Lipinski definition) is 1. The Morgan fingerprint density at radius 2 is 2.31 bits per heavy atom. The maximum Gasteiger partial charge on any atom is 0.181 e. The second-order valence-electron chi connectivity index (χ2n) is 3.14. The number of rotatable bonds is 3. The number of ether oxygens (including phenoxy) is 1. The van der Waals surface area contributed by atoms with Crippen molar-refractivity contribution in [2.24, 2.45) is 0 Å². The van der Waals surface area contributed by atoms with E-state index in [0.29, 0.717) is 17.0 Å². The fourth-order valence-electron chi connectivity index (χ4n) is 1.42. The van der Waals surface area contributed by atoms with Crippen molar-refractivity contribution < 1.29 is 18.7 Å². The van der Waals surface area contributed by atoms with E-state index >= 15 is 0 Å². The molecule has 16 heavy (non-hydrogen) atoms. The number of oxazole rings is 1. The van der Waals surface area contributed by atoms with E-state index in [-0.39, 0.29) is 12.4 Å². The van der Waals surface area contributed by atoms with Crippen LogP contribution in [0.4, 0.5) is 4.39 Å². The van der Waals surface area contributed by atoms with Crippen molar-refractivity contribution in [3.8, 4) is 17.1 Å². The number of methoxy groups -OCH3 is 1. The van der Waals surface area contributed by atoms with Gasteiger partial charge in [0.05, 0.1) is 13.7 Å². The van der Waals surface area contributed by atoms with Crippen LogP contribution in [0, 0.1) is 5.82 Å². The van der Waals surface area contributed by atoms with E-state index in [4.69, 9.17) is 14.3 Å². The van der Waals surface area contributed by atoms with Crippen molar-refractivity contribution >= 4 is 0 Å². The second-order valence-corrected chi connectivity index (χ2v) is 3.14. The van der Waals surface area contributed by atoms with Gasteiger partial charge in [0.15, 0.2) is 23.7 Å². The molecule has 1 heterocycles. The van der Waals surface area contributed by atoms with Crippen LogP contribution >= 0.6 is 0 Å². The first-order valence-electron chi connectivity index (χ1n) is 4.63. The Bertz CT molecular complexity index is 496. The summed E-state index contributed by atoms with van der Waals surface area (Å²) in [7, 11) is 1.39. The highest BCUT2D eigenvalue weighted by Crippen LogP contribution is 2.27. The van der Waals surface area contributed by atoms with E-state index in [1.54, 1.807) is 6.07 Å². The highest BCUT2D eigenvalue weighted by atomic mass is 19.1. The third-order valence-electron chi connectivity index (χ3n) is 2.20. The van der Waals surface area contributed by atoms with E-state index in [1.165, 1.54) is 25.6 Å². The Kier molecular flexibility index (Phi) is 2.87. The first-order chi connectivity index (χ1) is 7.76. The fourth-order valence-corrected chi connectivity index (χ4v) is 1.42. The molecule has 5 heteroatoms. The van der Waals surface area contributed by atoms with E-state index in [9.17, 15) is 4.39 Å². The Morgan fingerprint density at radius 1 is 1.50 bits per heavy atom. The van der Waals surface area contributed by atoms with Gasteiger partial charge in [0.2, 0.25) is 0 Å². The van der Waals surface area contributed by atoms with Gasteiger partial charge < -0.3 is 14.3 Å². The lowest BCUT2D eigenvalue weighted by Gasteiger charge is -2.03. The summed E-state index contributed by atoms with van der Waals surface area (Å²) in [6, 6.07) is 4.41. The van der Waals surface area contributed by atoms with Crippen molar-refractivity contribution in [2.45, 2.75) is 6.61 Å². The van der Waals surface area contributed by atoms with E-state index in [0.717, 1.165) is 0 Å². The lowest BCUT2D eigenvalue weighted by molar-refractivity contribution is 0.277. The molecule has 0 saturated heterocycles. The van der Waals surface area contributed by atoms with Crippen molar-refractivity contribution in [3.05, 3.63) is 36.1 Å². The molecule has 0 aliphatic rings. The Balaban J connectivity index is 2.45. The smallest absolute Gasteiger partial charge is 0.181 e. The SMILES string of the molecule is COc1ccc(-c2ocnc2CO)cc1F. The van der Waals surface area contributed by atoms with Gasteiger partial charge in [-0.15, -0.1) is 0 Å². The van der Waals surface area contributed by atoms with Crippen molar-refractivity contribution in [3.63, 3.8) is 0 Å². The maximum atomic E-state index is 13.4. The standard InChI is InChI=1S/C11H10FNO3/c1-15-10-3-2-7(4-8(10)12)11-9(5-14)13-6-16-11/h2-4,6,14H,5H2,1H3. The number of halogens is 1. The average molecular weight is 223 g/mol. The number of benzene rings is 1. The predicted octanol–water partition coefficient (Wildman–Crippen LogP) is 1.98. The zero-order valence-electron chi connectivity index (χ0n) is 8.61. The molecule has 1 aromatic heterocycles. The molecule has 0 aliphatic carbocycles. The van der Waals surface area contributed by atoms with Crippen LogP contribution in [0.1, 0.15) is 5.69 Å². The summed E-state index contributed by atoms with van der Waals surface area (Å²) in [6.45, 7) is -0.251. The first-order valence-corrected chi connectivity index (χ1v) is 4.63. The fraction of sp³-hybridized carbons (Fsp3) is 0.182. The minimum Gasteiger partial charge on any atom is -0.494 e. The average Bonchev–Trinajstić information content (AvgIpc) is 2.77. The van der Waals surface area contributed by atoms with E-state index in [1.807, 2.05) is 0 Å². The number of aliphatic hydroxyl groups is 1. The highest BCUT2D eigenvalue weighted by molar-refractivity contribution is 5.60. The van der Waals surface area contributed by atoms with Gasteiger partial charge in [-0.2, -0.15) is 0 Å². The van der Waals surface area contributed by atoms with E-state index in [2.05, 4.69) is 4.98 Å². The molecule has 0 aliphatic heterocycles. The summed E-state index contributed by atoms with van der Waals surface area (Å²) >= 11 is 0. The van der Waals surface area contributed by atoms with Crippen LogP contribution in [0.3, 0.4) is 0 Å². The van der Waals surface area contributed by atoms with E-state index < -0.39 is 5.82 Å². The van der Waals surface area contributed by atoms with Crippen LogP contribution in [-0.2, 0) is 6.61 Å². The maximum absolute atomic E-state index is 13.4. The monoisotopic (exact) mass is 223 g/mol. The Morgan fingerprint density at radius 3 is 2.94 bits per heavy atom. The molecule has 84 valence electrons. The number of aromatic nitrogens is 1. The summed E-state index contributed by atoms with van der Waals surface area (Å²) in [4.78, 5) is 3.81. The number of hydrogen-bond acceptors (Lipinski definition) is 4. The van der Waals surface area contributed by atoms with Crippen LogP contribution < -0.4 is 4.74 Å². The molecular formula is C11H10FNO3. The summed E-state index contributed by atoms with van der Waals surface area (Å²) in [6.07, 6.45) is 1.21. The van der Waals surface area contributed by atoms with Crippen molar-refractivity contribution in [2.75, 3.05) is 7.11 Å². The van der Waals surface area contributed by atoms with Gasteiger partial charge in [-0.3, -0.25) is 0 Å². The molecule has 4 nitrogen and oxygen atoms in total. The second kappa shape index (κ2) is 4.32. The molecule has 2 aromatic rings. The molecule has 2 rings (SSSR count). The van der Waals surface area contributed by atoms with Gasteiger partial charge >= 0.3 is 0 Å². The minimum atomic E-state index is -0.486. The molecule has 0 saturated carbocycles. The van der Waals surface area contributed by atoms with Crippen LogP contribution in [0.5, 0.6) is 5.75 Å². The quantitative estimate of drug-likeness (QED) is 0.864. The Labute approximate surface area is 91.3 Å². The van der Waals surface area contributed by atoms with Crippen LogP contribution in [0.25, 0.3) is 11.3 Å². The van der Waals surface area contributed by atoms with Gasteiger partial charge in [0.25, 0.3) is 0 Å². The molecule has 0 fully saturated rings. The molecule has 0 amide bonds. The third kappa shape index (κ3) is 1.77. The molecule has 0 radical (unpaired) electrons. The first kappa shape index (κ1) is 10.6. The Hall–Kier alpha value is -1.88. The lowest BCUT2D eigenvalue weighted by Crippen LogP contribution is -1.90. The summed E-state index contributed by atoms with van der Waals surface area (Å²) in [5, 5.41) is 9.00. The predicted molar refractivity (Wildman–Crippen MR) is 54.4 cm³/mol. The molecule has 1 N–H and O–H groups in total. The summed E-state index contributed by atoms with van der Waals surface area (Å²) in [5.41, 5.74) is 0.893. The van der Waals surface area contributed by atoms with Gasteiger partial charge in [-0.1, -0.05) is 0 Å². The van der Waals surface area contributed by atoms with Gasteiger partial charge in [-0.25, -0.2) is 9.37 Å². The zero-order chi connectivity index (χ0) is 11.5. The van der Waals surface area contributed by atoms with Gasteiger partial charge in [-0.05, 0) is 18.2 Å². The molecule has 0 bridgehead atoms. The van der Waals surface area contributed by atoms with Crippen LogP contribution in [0.15, 0.2) is 29.0 Å². The lowest BCUT2D eigenvalue weighted by atomic mass is 10.1. The largest absolute Gasteiger partial charge is 0.494 e. The van der Waals surface area contributed by atoms with Gasteiger partial charge in [0.1, 0.15) is 5.69 Å². The third-order valence-corrected chi connectivity index (χ3v) is 2.20. The van der Waals surface area contributed by atoms with Crippen LogP contribution in [-0.4, -0.2) is 17.2 Å². The highest BCUT2D eigenvalue weighted by Gasteiger charge is 2.12. The molecule has 1 aromatic carbocycles. The molecule has 0 unspecified atom stereocenters. The van der Waals surface area contributed by atoms with Gasteiger partial charge in [0, 0.05) is 5.56 Å². The molecule has 0 atom stereocenters. The van der Waals surface area contributed by atoms with Crippen LogP contribution in [0.2, 0.25) is 0 Å². The summed E-state index contributed by atoms with van der Waals surface area (Å²) < 4.78 is 23.3. The van der Waals surface area contributed by atoms with Crippen molar-refractivity contribution in [1.29, 1.82) is 0 Å². The topological polar surface area (TPSA) is 55.5 Å². The molecule has 0 spiro atoms. The number of aliphatic hydroxyl groups excluding tert-OH is 1. The van der Waals surface area contributed by atoms with Crippen molar-refractivity contribution in [1.82, 2.24) is 4.98 Å². The molecular weight excluding hydrogens is 213 g/mol. The summed E-state index contributed by atoms with van der Waals surface area (Å²) in [5.74, 6) is 0.0400. The minimum absolute atomic E-state index is 0.161. The normalized spacial score (nSPS) is 10.4. The number of nitrogens with zero attached hydrogens (tertiary/aromatic N) is 1.